The molecule has 4 rings (SSSR count). The van der Waals surface area contributed by atoms with Gasteiger partial charge in [-0.25, -0.2) is 4.98 Å². The van der Waals surface area contributed by atoms with Gasteiger partial charge >= 0.3 is 0 Å². The fourth-order valence-electron chi connectivity index (χ4n) is 4.81. The van der Waals surface area contributed by atoms with Crippen molar-refractivity contribution < 1.29 is 24.2 Å². The largest absolute Gasteiger partial charge is 0.490 e. The summed E-state index contributed by atoms with van der Waals surface area (Å²) in [7, 11) is 0. The first-order chi connectivity index (χ1) is 18.0. The quantitative estimate of drug-likeness (QED) is 0.432. The highest BCUT2D eigenvalue weighted by Crippen LogP contribution is 2.27. The summed E-state index contributed by atoms with van der Waals surface area (Å²) < 4.78 is 11.6. The molecule has 2 aromatic rings. The number of amides is 2. The highest BCUT2D eigenvalue weighted by molar-refractivity contribution is 7.99. The fourth-order valence-corrected chi connectivity index (χ4v) is 5.87. The van der Waals surface area contributed by atoms with Gasteiger partial charge in [0.1, 0.15) is 24.0 Å². The molecule has 2 aliphatic rings. The minimum atomic E-state index is -0.165. The lowest BCUT2D eigenvalue weighted by molar-refractivity contribution is 0.0913. The van der Waals surface area contributed by atoms with E-state index < -0.39 is 0 Å². The molecule has 2 heterocycles. The van der Waals surface area contributed by atoms with E-state index in [1.54, 1.807) is 30.5 Å². The molecule has 3 N–H and O–H groups in total. The minimum Gasteiger partial charge on any atom is -0.490 e. The second-order valence-corrected chi connectivity index (χ2v) is 11.0. The molecular weight excluding hydrogens is 490 g/mol. The van der Waals surface area contributed by atoms with Crippen molar-refractivity contribution >= 4 is 23.6 Å². The molecule has 8 nitrogen and oxygen atoms in total. The van der Waals surface area contributed by atoms with Crippen LogP contribution >= 0.6 is 11.8 Å². The summed E-state index contributed by atoms with van der Waals surface area (Å²) >= 11 is 1.93. The van der Waals surface area contributed by atoms with Crippen molar-refractivity contribution in [1.82, 2.24) is 15.6 Å². The molecule has 0 spiro atoms. The topological polar surface area (TPSA) is 110 Å². The molecule has 9 heteroatoms. The fraction of sp³-hybridized carbons (Fsp3) is 0.536. The lowest BCUT2D eigenvalue weighted by Crippen LogP contribution is -2.40. The summed E-state index contributed by atoms with van der Waals surface area (Å²) in [6.45, 7) is 2.56. The number of thioether (sulfide) groups is 1. The smallest absolute Gasteiger partial charge is 0.256 e. The van der Waals surface area contributed by atoms with Crippen molar-refractivity contribution in [3.63, 3.8) is 0 Å². The molecule has 1 aromatic heterocycles. The predicted octanol–water partition coefficient (Wildman–Crippen LogP) is 3.75. The molecular formula is C28H37N3O5S. The second kappa shape index (κ2) is 13.7. The van der Waals surface area contributed by atoms with Crippen molar-refractivity contribution in [2.45, 2.75) is 57.6 Å². The van der Waals surface area contributed by atoms with Gasteiger partial charge in [-0.3, -0.25) is 9.59 Å². The average molecular weight is 528 g/mol. The zero-order valence-corrected chi connectivity index (χ0v) is 22.2. The maximum absolute atomic E-state index is 13.1. The number of aliphatic hydroxyl groups is 1. The molecule has 0 atom stereocenters. The van der Waals surface area contributed by atoms with Gasteiger partial charge in [0.25, 0.3) is 11.8 Å². The average Bonchev–Trinajstić information content (AvgIpc) is 2.93. The van der Waals surface area contributed by atoms with Crippen LogP contribution in [0.15, 0.2) is 36.5 Å². The highest BCUT2D eigenvalue weighted by Gasteiger charge is 2.25. The van der Waals surface area contributed by atoms with Crippen molar-refractivity contribution in [3.8, 4) is 11.6 Å². The summed E-state index contributed by atoms with van der Waals surface area (Å²) in [5.41, 5.74) is 1.90. The number of nitrogens with zero attached hydrogens (tertiary/aromatic N) is 1. The molecule has 2 fully saturated rings. The van der Waals surface area contributed by atoms with Gasteiger partial charge in [0.2, 0.25) is 5.88 Å². The van der Waals surface area contributed by atoms with E-state index in [1.807, 2.05) is 24.8 Å². The van der Waals surface area contributed by atoms with Gasteiger partial charge in [0.15, 0.2) is 0 Å². The lowest BCUT2D eigenvalue weighted by Gasteiger charge is -2.29. The van der Waals surface area contributed by atoms with E-state index in [-0.39, 0.29) is 37.2 Å². The Morgan fingerprint density at radius 2 is 1.81 bits per heavy atom. The number of rotatable bonds is 10. The number of hydrogen-bond acceptors (Lipinski definition) is 7. The van der Waals surface area contributed by atoms with E-state index in [0.29, 0.717) is 35.2 Å². The van der Waals surface area contributed by atoms with E-state index in [1.165, 1.54) is 0 Å². The Bertz CT molecular complexity index is 1050. The number of benzene rings is 1. The molecule has 1 saturated carbocycles. The lowest BCUT2D eigenvalue weighted by atomic mass is 9.86. The van der Waals surface area contributed by atoms with Crippen LogP contribution in [-0.4, -0.2) is 65.3 Å². The number of carbonyl (C=O) groups excluding carboxylic acids is 2. The summed E-state index contributed by atoms with van der Waals surface area (Å²) in [5, 5.41) is 15.2. The Labute approximate surface area is 222 Å². The van der Waals surface area contributed by atoms with Crippen LogP contribution in [0.5, 0.6) is 11.6 Å². The maximum Gasteiger partial charge on any atom is 0.256 e. The van der Waals surface area contributed by atoms with Crippen LogP contribution < -0.4 is 20.1 Å². The minimum absolute atomic E-state index is 0.0833. The third-order valence-electron chi connectivity index (χ3n) is 6.89. The van der Waals surface area contributed by atoms with E-state index in [2.05, 4.69) is 15.6 Å². The van der Waals surface area contributed by atoms with Crippen molar-refractivity contribution in [2.24, 2.45) is 5.92 Å². The molecule has 1 saturated heterocycles. The first-order valence-corrected chi connectivity index (χ1v) is 14.3. The van der Waals surface area contributed by atoms with E-state index in [0.717, 1.165) is 55.6 Å². The predicted molar refractivity (Wildman–Crippen MR) is 145 cm³/mol. The van der Waals surface area contributed by atoms with Crippen molar-refractivity contribution in [2.75, 3.05) is 31.3 Å². The normalized spacial score (nSPS) is 20.2. The summed E-state index contributed by atoms with van der Waals surface area (Å²) in [5.74, 6) is 3.09. The number of carbonyl (C=O) groups is 2. The Kier molecular flexibility index (Phi) is 10.1. The van der Waals surface area contributed by atoms with Gasteiger partial charge in [-0.15, -0.1) is 0 Å². The third-order valence-corrected chi connectivity index (χ3v) is 7.94. The van der Waals surface area contributed by atoms with Gasteiger partial charge in [-0.2, -0.15) is 11.8 Å². The number of aliphatic hydroxyl groups excluding tert-OH is 1. The first kappa shape index (κ1) is 27.3. The van der Waals surface area contributed by atoms with Gasteiger partial charge in [-0.05, 0) is 86.6 Å². The SMILES string of the molecule is Cc1cnc(OC2CCSCC2)c(C(=O)NCC2CCC(NC(=O)c3ccccc3OCCO)CC2)c1. The number of nitrogens with one attached hydrogen (secondary N) is 2. The zero-order chi connectivity index (χ0) is 26.0. The standard InChI is InChI=1S/C28H37N3O5S/c1-19-16-24(28(30-17-19)36-22-10-14-37-15-11-22)26(33)29-18-20-6-8-21(9-7-20)31-27(34)23-4-2-3-5-25(23)35-13-12-32/h2-5,16-17,20-22,32H,6-15,18H2,1H3,(H,29,33)(H,31,34). The molecule has 1 aliphatic heterocycles. The van der Waals surface area contributed by atoms with Crippen LogP contribution in [0, 0.1) is 12.8 Å². The van der Waals surface area contributed by atoms with E-state index in [9.17, 15) is 9.59 Å². The van der Waals surface area contributed by atoms with E-state index in [4.69, 9.17) is 14.6 Å². The van der Waals surface area contributed by atoms with Gasteiger partial charge < -0.3 is 25.2 Å². The number of aromatic nitrogens is 1. The number of aryl methyl sites for hydroxylation is 1. The van der Waals surface area contributed by atoms with Gasteiger partial charge in [-0.1, -0.05) is 12.1 Å². The summed E-state index contributed by atoms with van der Waals surface area (Å²) in [6.07, 6.45) is 7.35. The second-order valence-electron chi connectivity index (χ2n) is 9.76. The monoisotopic (exact) mass is 527 g/mol. The number of ether oxygens (including phenoxy) is 2. The van der Waals surface area contributed by atoms with Crippen LogP contribution in [0.25, 0.3) is 0 Å². The van der Waals surface area contributed by atoms with Crippen molar-refractivity contribution in [1.29, 1.82) is 0 Å². The van der Waals surface area contributed by atoms with Crippen LogP contribution in [0.2, 0.25) is 0 Å². The molecule has 0 radical (unpaired) electrons. The van der Waals surface area contributed by atoms with Gasteiger partial charge in [0.05, 0.1) is 12.2 Å². The van der Waals surface area contributed by atoms with Crippen LogP contribution in [-0.2, 0) is 0 Å². The van der Waals surface area contributed by atoms with Gasteiger partial charge in [0, 0.05) is 18.8 Å². The maximum atomic E-state index is 13.1. The third kappa shape index (κ3) is 7.85. The molecule has 1 aromatic carbocycles. The molecule has 1 aliphatic carbocycles. The Morgan fingerprint density at radius 3 is 2.57 bits per heavy atom. The Morgan fingerprint density at radius 1 is 1.05 bits per heavy atom. The summed E-state index contributed by atoms with van der Waals surface area (Å²) in [4.78, 5) is 30.3. The van der Waals surface area contributed by atoms with Crippen LogP contribution in [0.1, 0.15) is 64.8 Å². The number of hydrogen-bond donors (Lipinski definition) is 3. The Balaban J connectivity index is 1.25. The molecule has 2 amide bonds. The summed E-state index contributed by atoms with van der Waals surface area (Å²) in [6, 6.07) is 9.01. The molecule has 37 heavy (non-hydrogen) atoms. The Hall–Kier alpha value is -2.78. The van der Waals surface area contributed by atoms with E-state index >= 15 is 0 Å². The van der Waals surface area contributed by atoms with Crippen LogP contribution in [0.3, 0.4) is 0 Å². The van der Waals surface area contributed by atoms with Crippen LogP contribution in [0.4, 0.5) is 0 Å². The highest BCUT2D eigenvalue weighted by atomic mass is 32.2. The van der Waals surface area contributed by atoms with Crippen molar-refractivity contribution in [3.05, 3.63) is 53.2 Å². The molecule has 0 unspecified atom stereocenters. The zero-order valence-electron chi connectivity index (χ0n) is 21.4. The first-order valence-electron chi connectivity index (χ1n) is 13.2. The number of para-hydroxylation sites is 1. The molecule has 0 bridgehead atoms. The number of pyridine rings is 1. The molecule has 200 valence electrons.